The minimum atomic E-state index is 0.237. The van der Waals surface area contributed by atoms with Gasteiger partial charge in [0.15, 0.2) is 0 Å². The number of hydrogen-bond donors (Lipinski definition) is 0. The van der Waals surface area contributed by atoms with E-state index >= 15 is 0 Å². The highest BCUT2D eigenvalue weighted by Gasteiger charge is 2.27. The van der Waals surface area contributed by atoms with Gasteiger partial charge in [-0.2, -0.15) is 4.89 Å². The minimum absolute atomic E-state index is 0.237. The highest BCUT2D eigenvalue weighted by Crippen LogP contribution is 2.41. The summed E-state index contributed by atoms with van der Waals surface area (Å²) < 4.78 is 0. The van der Waals surface area contributed by atoms with Crippen LogP contribution in [0.25, 0.3) is 0 Å². The van der Waals surface area contributed by atoms with Crippen LogP contribution < -0.4 is 4.89 Å². The molecule has 22 heavy (non-hydrogen) atoms. The molecule has 4 heteroatoms. The Morgan fingerprint density at radius 1 is 1.14 bits per heavy atom. The average Bonchev–Trinajstić information content (AvgIpc) is 2.93. The Hall–Kier alpha value is -1.41. The molecule has 0 aliphatic carbocycles. The lowest BCUT2D eigenvalue weighted by Gasteiger charge is -2.32. The van der Waals surface area contributed by atoms with Crippen LogP contribution in [0, 0.1) is 11.8 Å². The van der Waals surface area contributed by atoms with Gasteiger partial charge in [-0.3, -0.25) is 0 Å². The summed E-state index contributed by atoms with van der Waals surface area (Å²) in [5.41, 5.74) is 2.72. The number of thioether (sulfide) groups is 1. The van der Waals surface area contributed by atoms with Crippen molar-refractivity contribution in [3.63, 3.8) is 0 Å². The van der Waals surface area contributed by atoms with E-state index in [4.69, 9.17) is 4.89 Å². The van der Waals surface area contributed by atoms with E-state index in [0.29, 0.717) is 0 Å². The van der Waals surface area contributed by atoms with Crippen molar-refractivity contribution >= 4 is 23.1 Å². The molecule has 0 saturated carbocycles. The zero-order valence-corrected chi connectivity index (χ0v) is 14.6. The monoisotopic (exact) mass is 330 g/mol. The molecule has 0 N–H and O–H groups in total. The smallest absolute Gasteiger partial charge is 0.220 e. The summed E-state index contributed by atoms with van der Waals surface area (Å²) in [6.45, 7) is 4.63. The first-order chi connectivity index (χ1) is 10.6. The van der Waals surface area contributed by atoms with Crippen LogP contribution in [0.4, 0.5) is 0 Å². The second-order valence-electron chi connectivity index (χ2n) is 5.81. The minimum Gasteiger partial charge on any atom is -0.327 e. The van der Waals surface area contributed by atoms with E-state index in [1.165, 1.54) is 41.1 Å². The van der Waals surface area contributed by atoms with E-state index in [9.17, 15) is 0 Å². The summed E-state index contributed by atoms with van der Waals surface area (Å²) in [4.78, 5) is 12.0. The van der Waals surface area contributed by atoms with Gasteiger partial charge in [0.2, 0.25) is 5.06 Å². The molecule has 2 aromatic rings. The first-order valence-electron chi connectivity index (χ1n) is 7.18. The lowest BCUT2D eigenvalue weighted by atomic mass is 9.81. The third-order valence-corrected chi connectivity index (χ3v) is 5.71. The number of fused-ring (bicyclic) bond motifs is 1. The van der Waals surface area contributed by atoms with Crippen LogP contribution in [0.15, 0.2) is 35.2 Å². The van der Waals surface area contributed by atoms with Crippen LogP contribution in [0.1, 0.15) is 36.3 Å². The SMILES string of the molecule is COOc1ccc(C#Cc2ccc3c(c2)C(C)(C)CCS3)s1. The van der Waals surface area contributed by atoms with Crippen molar-refractivity contribution in [3.8, 4) is 16.9 Å². The van der Waals surface area contributed by atoms with Gasteiger partial charge in [0, 0.05) is 10.5 Å². The highest BCUT2D eigenvalue weighted by molar-refractivity contribution is 7.99. The molecule has 0 spiro atoms. The summed E-state index contributed by atoms with van der Waals surface area (Å²) in [5.74, 6) is 7.66. The second-order valence-corrected chi connectivity index (χ2v) is 8.00. The molecule has 114 valence electrons. The van der Waals surface area contributed by atoms with Gasteiger partial charge in [0.05, 0.1) is 12.0 Å². The molecule has 0 saturated heterocycles. The Balaban J connectivity index is 1.86. The molecule has 0 atom stereocenters. The Morgan fingerprint density at radius 3 is 2.82 bits per heavy atom. The number of benzene rings is 1. The molecule has 0 amide bonds. The van der Waals surface area contributed by atoms with Crippen molar-refractivity contribution in [2.24, 2.45) is 0 Å². The van der Waals surface area contributed by atoms with Crippen molar-refractivity contribution in [2.45, 2.75) is 30.6 Å². The van der Waals surface area contributed by atoms with Crippen LogP contribution in [0.2, 0.25) is 0 Å². The van der Waals surface area contributed by atoms with Gasteiger partial charge < -0.3 is 4.89 Å². The zero-order valence-electron chi connectivity index (χ0n) is 12.9. The summed E-state index contributed by atoms with van der Waals surface area (Å²) in [7, 11) is 1.50. The van der Waals surface area contributed by atoms with Gasteiger partial charge in [0.1, 0.15) is 0 Å². The Bertz CT molecular complexity index is 735. The van der Waals surface area contributed by atoms with E-state index in [1.807, 2.05) is 23.9 Å². The van der Waals surface area contributed by atoms with E-state index in [1.54, 1.807) is 0 Å². The molecule has 0 unspecified atom stereocenters. The molecular formula is C18H18O2S2. The van der Waals surface area contributed by atoms with Gasteiger partial charge in [0.25, 0.3) is 0 Å². The van der Waals surface area contributed by atoms with Crippen LogP contribution in [-0.4, -0.2) is 12.9 Å². The van der Waals surface area contributed by atoms with Gasteiger partial charge in [-0.15, -0.1) is 11.8 Å². The predicted molar refractivity (Wildman–Crippen MR) is 92.7 cm³/mol. The van der Waals surface area contributed by atoms with E-state index in [2.05, 4.69) is 48.8 Å². The third kappa shape index (κ3) is 3.33. The Morgan fingerprint density at radius 2 is 2.00 bits per heavy atom. The fourth-order valence-electron chi connectivity index (χ4n) is 2.46. The fourth-order valence-corrected chi connectivity index (χ4v) is 4.64. The molecule has 2 nitrogen and oxygen atoms in total. The molecule has 1 aliphatic heterocycles. The van der Waals surface area contributed by atoms with Crippen molar-refractivity contribution in [2.75, 3.05) is 12.9 Å². The van der Waals surface area contributed by atoms with Gasteiger partial charge in [-0.1, -0.05) is 37.0 Å². The first kappa shape index (κ1) is 15.5. The number of rotatable bonds is 2. The number of thiophene rings is 1. The molecule has 0 radical (unpaired) electrons. The normalized spacial score (nSPS) is 15.6. The summed E-state index contributed by atoms with van der Waals surface area (Å²) in [6.07, 6.45) is 1.21. The number of hydrogen-bond acceptors (Lipinski definition) is 4. The topological polar surface area (TPSA) is 18.5 Å². The maximum atomic E-state index is 4.99. The van der Waals surface area contributed by atoms with Gasteiger partial charge in [-0.05, 0) is 53.5 Å². The van der Waals surface area contributed by atoms with Crippen molar-refractivity contribution in [1.29, 1.82) is 0 Å². The van der Waals surface area contributed by atoms with Crippen LogP contribution >= 0.6 is 23.1 Å². The lowest BCUT2D eigenvalue weighted by Crippen LogP contribution is -2.22. The first-order valence-corrected chi connectivity index (χ1v) is 8.98. The maximum absolute atomic E-state index is 4.99. The molecule has 3 rings (SSSR count). The van der Waals surface area contributed by atoms with Crippen molar-refractivity contribution in [1.82, 2.24) is 0 Å². The zero-order chi connectivity index (χ0) is 15.6. The van der Waals surface area contributed by atoms with Crippen LogP contribution in [0.3, 0.4) is 0 Å². The fraction of sp³-hybridized carbons (Fsp3) is 0.333. The maximum Gasteiger partial charge on any atom is 0.220 e. The van der Waals surface area contributed by atoms with E-state index in [-0.39, 0.29) is 5.41 Å². The quantitative estimate of drug-likeness (QED) is 0.445. The van der Waals surface area contributed by atoms with Crippen LogP contribution in [-0.2, 0) is 10.3 Å². The third-order valence-electron chi connectivity index (χ3n) is 3.77. The van der Waals surface area contributed by atoms with E-state index in [0.717, 1.165) is 15.5 Å². The highest BCUT2D eigenvalue weighted by atomic mass is 32.2. The van der Waals surface area contributed by atoms with Crippen LogP contribution in [0.5, 0.6) is 5.06 Å². The largest absolute Gasteiger partial charge is 0.327 e. The van der Waals surface area contributed by atoms with Gasteiger partial charge >= 0.3 is 0 Å². The molecule has 1 aromatic carbocycles. The van der Waals surface area contributed by atoms with Crippen molar-refractivity contribution < 1.29 is 9.78 Å². The predicted octanol–water partition coefficient (Wildman–Crippen LogP) is 4.86. The molecule has 0 bridgehead atoms. The van der Waals surface area contributed by atoms with E-state index < -0.39 is 0 Å². The summed E-state index contributed by atoms with van der Waals surface area (Å²) in [5, 5.41) is 0.717. The summed E-state index contributed by atoms with van der Waals surface area (Å²) >= 11 is 3.43. The lowest BCUT2D eigenvalue weighted by molar-refractivity contribution is -0.174. The summed E-state index contributed by atoms with van der Waals surface area (Å²) in [6, 6.07) is 10.4. The molecule has 1 aromatic heterocycles. The van der Waals surface area contributed by atoms with Gasteiger partial charge in [-0.25, -0.2) is 0 Å². The molecule has 0 fully saturated rings. The average molecular weight is 330 g/mol. The van der Waals surface area contributed by atoms with Crippen molar-refractivity contribution in [3.05, 3.63) is 46.3 Å². The standard InChI is InChI=1S/C18H18O2S2/c1-18(2)10-11-21-16-8-5-13(12-15(16)18)4-6-14-7-9-17(22-14)20-19-3/h5,7-9,12H,10-11H2,1-3H3. The second kappa shape index (κ2) is 6.37. The molecular weight excluding hydrogens is 312 g/mol. The molecule has 2 heterocycles. The molecule has 1 aliphatic rings. The Kier molecular flexibility index (Phi) is 4.49. The Labute approximate surface area is 139 Å².